The Morgan fingerprint density at radius 3 is 2.56 bits per heavy atom. The maximum Gasteiger partial charge on any atom is 0.146 e. The van der Waals surface area contributed by atoms with Crippen LogP contribution in [0.3, 0.4) is 0 Å². The van der Waals surface area contributed by atoms with E-state index in [9.17, 15) is 9.59 Å². The van der Waals surface area contributed by atoms with E-state index >= 15 is 0 Å². The first-order chi connectivity index (χ1) is 11.9. The summed E-state index contributed by atoms with van der Waals surface area (Å²) in [5.41, 5.74) is -0.199. The topological polar surface area (TPSA) is 52.6 Å². The Balaban J connectivity index is 1.61. The van der Waals surface area contributed by atoms with E-state index in [1.54, 1.807) is 7.11 Å². The second-order valence-electron chi connectivity index (χ2n) is 9.36. The molecule has 4 fully saturated rings. The molecule has 0 saturated heterocycles. The van der Waals surface area contributed by atoms with Crippen molar-refractivity contribution in [2.24, 2.45) is 34.5 Å². The van der Waals surface area contributed by atoms with E-state index < -0.39 is 5.41 Å². The fourth-order valence-electron chi connectivity index (χ4n) is 7.30. The molecule has 0 aromatic rings. The normalized spacial score (nSPS) is 49.5. The van der Waals surface area contributed by atoms with E-state index in [1.807, 2.05) is 0 Å². The summed E-state index contributed by atoms with van der Waals surface area (Å²) >= 11 is 0. The van der Waals surface area contributed by atoms with Gasteiger partial charge in [-0.3, -0.25) is 9.59 Å². The lowest BCUT2D eigenvalue weighted by atomic mass is 9.45. The van der Waals surface area contributed by atoms with Gasteiger partial charge in [0, 0.05) is 31.3 Å². The standard InChI is InChI=1S/C21H32O4/c1-20-11-10-15-13(14(20)6-9-19(20)25-12-24-3)4-5-16-17(22)7-8-18(23)21(15,16)2/h13-16,19H,4-12H2,1-3H3/t13?,14?,15?,16?,19-,20-,21+/m0/s1. The molecule has 140 valence electrons. The molecule has 0 amide bonds. The van der Waals surface area contributed by atoms with Crippen molar-refractivity contribution < 1.29 is 19.1 Å². The van der Waals surface area contributed by atoms with Crippen LogP contribution < -0.4 is 0 Å². The molecule has 4 saturated carbocycles. The number of Topliss-reactive ketones (excluding diaryl/α,β-unsaturated/α-hetero) is 2. The zero-order valence-corrected chi connectivity index (χ0v) is 15.9. The van der Waals surface area contributed by atoms with Crippen molar-refractivity contribution >= 4 is 11.6 Å². The molecule has 4 aliphatic carbocycles. The molecule has 0 spiro atoms. The van der Waals surface area contributed by atoms with Gasteiger partial charge in [0.1, 0.15) is 18.4 Å². The largest absolute Gasteiger partial charge is 0.359 e. The Hall–Kier alpha value is -0.740. The van der Waals surface area contributed by atoms with Gasteiger partial charge < -0.3 is 9.47 Å². The highest BCUT2D eigenvalue weighted by Gasteiger charge is 2.63. The van der Waals surface area contributed by atoms with Crippen molar-refractivity contribution in [3.8, 4) is 0 Å². The Labute approximate surface area is 151 Å². The number of hydrogen-bond acceptors (Lipinski definition) is 4. The van der Waals surface area contributed by atoms with Gasteiger partial charge in [-0.05, 0) is 61.7 Å². The molecular formula is C21H32O4. The minimum atomic E-state index is -0.398. The molecule has 7 atom stereocenters. The number of fused-ring (bicyclic) bond motifs is 5. The maximum absolute atomic E-state index is 12.9. The van der Waals surface area contributed by atoms with E-state index in [4.69, 9.17) is 9.47 Å². The number of rotatable bonds is 3. The zero-order chi connectivity index (χ0) is 17.8. The van der Waals surface area contributed by atoms with Crippen LogP contribution in [0.1, 0.15) is 65.2 Å². The van der Waals surface area contributed by atoms with Crippen molar-refractivity contribution in [3.63, 3.8) is 0 Å². The monoisotopic (exact) mass is 348 g/mol. The zero-order valence-electron chi connectivity index (χ0n) is 15.9. The van der Waals surface area contributed by atoms with Crippen molar-refractivity contribution in [1.29, 1.82) is 0 Å². The lowest BCUT2D eigenvalue weighted by Crippen LogP contribution is -2.58. The van der Waals surface area contributed by atoms with E-state index in [2.05, 4.69) is 13.8 Å². The van der Waals surface area contributed by atoms with Gasteiger partial charge in [-0.2, -0.15) is 0 Å². The number of ether oxygens (including phenoxy) is 2. The summed E-state index contributed by atoms with van der Waals surface area (Å²) in [4.78, 5) is 25.5. The molecule has 0 heterocycles. The van der Waals surface area contributed by atoms with E-state index in [0.717, 1.165) is 32.1 Å². The van der Waals surface area contributed by atoms with Crippen LogP contribution in [0.2, 0.25) is 0 Å². The Morgan fingerprint density at radius 1 is 1.00 bits per heavy atom. The first-order valence-electron chi connectivity index (χ1n) is 10.1. The summed E-state index contributed by atoms with van der Waals surface area (Å²) in [5, 5.41) is 0. The molecule has 4 heteroatoms. The summed E-state index contributed by atoms with van der Waals surface area (Å²) in [7, 11) is 1.68. The first kappa shape index (κ1) is 17.7. The van der Waals surface area contributed by atoms with Gasteiger partial charge in [-0.15, -0.1) is 0 Å². The van der Waals surface area contributed by atoms with Gasteiger partial charge in [-0.25, -0.2) is 0 Å². The number of carbonyl (C=O) groups excluding carboxylic acids is 2. The average molecular weight is 348 g/mol. The van der Waals surface area contributed by atoms with E-state index in [-0.39, 0.29) is 17.4 Å². The lowest BCUT2D eigenvalue weighted by Gasteiger charge is -2.58. The molecule has 0 bridgehead atoms. The van der Waals surface area contributed by atoms with Crippen LogP contribution in [-0.4, -0.2) is 31.6 Å². The molecule has 4 unspecified atom stereocenters. The molecule has 0 radical (unpaired) electrons. The smallest absolute Gasteiger partial charge is 0.146 e. The van der Waals surface area contributed by atoms with E-state index in [1.165, 1.54) is 6.42 Å². The maximum atomic E-state index is 12.9. The number of hydrogen-bond donors (Lipinski definition) is 0. The van der Waals surface area contributed by atoms with Crippen molar-refractivity contribution in [2.75, 3.05) is 13.9 Å². The second kappa shape index (κ2) is 6.16. The summed E-state index contributed by atoms with van der Waals surface area (Å²) in [6, 6.07) is 0. The highest BCUT2D eigenvalue weighted by Crippen LogP contribution is 2.65. The minimum absolute atomic E-state index is 0.0127. The highest BCUT2D eigenvalue weighted by atomic mass is 16.7. The molecule has 25 heavy (non-hydrogen) atoms. The molecule has 0 aromatic heterocycles. The molecule has 4 rings (SSSR count). The summed E-state index contributed by atoms with van der Waals surface area (Å²) < 4.78 is 11.2. The Morgan fingerprint density at radius 2 is 1.80 bits per heavy atom. The molecule has 0 aliphatic heterocycles. The summed E-state index contributed by atoms with van der Waals surface area (Å²) in [6.07, 6.45) is 7.71. The predicted molar refractivity (Wildman–Crippen MR) is 93.9 cm³/mol. The van der Waals surface area contributed by atoms with Gasteiger partial charge in [0.05, 0.1) is 6.10 Å². The molecule has 4 nitrogen and oxygen atoms in total. The quantitative estimate of drug-likeness (QED) is 0.729. The van der Waals surface area contributed by atoms with Crippen LogP contribution in [0.4, 0.5) is 0 Å². The third kappa shape index (κ3) is 2.39. The molecule has 0 aromatic carbocycles. The van der Waals surface area contributed by atoms with Gasteiger partial charge in [0.15, 0.2) is 0 Å². The van der Waals surface area contributed by atoms with Crippen molar-refractivity contribution in [1.82, 2.24) is 0 Å². The van der Waals surface area contributed by atoms with Crippen molar-refractivity contribution in [2.45, 2.75) is 71.3 Å². The van der Waals surface area contributed by atoms with Crippen LogP contribution in [0, 0.1) is 34.5 Å². The third-order valence-electron chi connectivity index (χ3n) is 8.61. The number of methoxy groups -OCH3 is 1. The minimum Gasteiger partial charge on any atom is -0.359 e. The third-order valence-corrected chi connectivity index (χ3v) is 8.61. The Kier molecular flexibility index (Phi) is 4.35. The number of carbonyl (C=O) groups is 2. The lowest BCUT2D eigenvalue weighted by molar-refractivity contribution is -0.170. The van der Waals surface area contributed by atoms with Gasteiger partial charge in [-0.1, -0.05) is 13.8 Å². The number of ketones is 2. The van der Waals surface area contributed by atoms with Crippen LogP contribution in [0.15, 0.2) is 0 Å². The fraction of sp³-hybridized carbons (Fsp3) is 0.905. The van der Waals surface area contributed by atoms with Crippen LogP contribution in [0.25, 0.3) is 0 Å². The van der Waals surface area contributed by atoms with Gasteiger partial charge in [0.2, 0.25) is 0 Å². The highest BCUT2D eigenvalue weighted by molar-refractivity contribution is 5.99. The fourth-order valence-corrected chi connectivity index (χ4v) is 7.30. The molecular weight excluding hydrogens is 316 g/mol. The summed E-state index contributed by atoms with van der Waals surface area (Å²) in [5.74, 6) is 2.28. The van der Waals surface area contributed by atoms with E-state index in [0.29, 0.717) is 49.0 Å². The van der Waals surface area contributed by atoms with Crippen LogP contribution >= 0.6 is 0 Å². The van der Waals surface area contributed by atoms with Crippen LogP contribution in [-0.2, 0) is 19.1 Å². The molecule has 0 N–H and O–H groups in total. The van der Waals surface area contributed by atoms with Gasteiger partial charge >= 0.3 is 0 Å². The first-order valence-corrected chi connectivity index (χ1v) is 10.1. The van der Waals surface area contributed by atoms with Crippen molar-refractivity contribution in [3.05, 3.63) is 0 Å². The Bertz CT molecular complexity index is 572. The van der Waals surface area contributed by atoms with Gasteiger partial charge in [0.25, 0.3) is 0 Å². The average Bonchev–Trinajstić information content (AvgIpc) is 2.93. The molecule has 4 aliphatic rings. The predicted octanol–water partition coefficient (Wildman–Crippen LogP) is 3.77. The summed E-state index contributed by atoms with van der Waals surface area (Å²) in [6.45, 7) is 4.89. The second-order valence-corrected chi connectivity index (χ2v) is 9.36. The van der Waals surface area contributed by atoms with Crippen LogP contribution in [0.5, 0.6) is 0 Å². The SMILES string of the molecule is COCO[C@H]1CCC2C3CCC4C(=O)CCC(=O)[C@]4(C)C3CC[C@@]21C.